The molecule has 98 valence electrons. The molecular weight excluding hydrogens is 234 g/mol. The minimum Gasteiger partial charge on any atom is -0.490 e. The number of aryl methyl sites for hydroxylation is 1. The van der Waals surface area contributed by atoms with Crippen molar-refractivity contribution in [2.45, 2.75) is 25.3 Å². The van der Waals surface area contributed by atoms with Gasteiger partial charge in [-0.3, -0.25) is 4.79 Å². The second kappa shape index (κ2) is 5.73. The molecule has 3 N–H and O–H groups in total. The molecule has 1 unspecified atom stereocenters. The van der Waals surface area contributed by atoms with E-state index in [1.54, 1.807) is 0 Å². The molecule has 18 heavy (non-hydrogen) atoms. The molecule has 0 saturated heterocycles. The standard InChI is InChI=1S/C13H17NO4/c14-10(13(15)16)4-2-9-3-5-11-12(8-9)18-7-1-6-17-11/h3,5,8,10H,1-2,4,6-7,14H2,(H,15,16). The van der Waals surface area contributed by atoms with Gasteiger partial charge in [-0.2, -0.15) is 0 Å². The molecule has 0 amide bonds. The van der Waals surface area contributed by atoms with E-state index in [0.29, 0.717) is 26.1 Å². The fourth-order valence-corrected chi connectivity index (χ4v) is 1.81. The Balaban J connectivity index is 2.02. The SMILES string of the molecule is NC(CCc1ccc2c(c1)OCCCO2)C(=O)O. The molecular formula is C13H17NO4. The number of benzene rings is 1. The summed E-state index contributed by atoms with van der Waals surface area (Å²) in [6.45, 7) is 1.31. The van der Waals surface area contributed by atoms with Gasteiger partial charge in [-0.1, -0.05) is 6.07 Å². The smallest absolute Gasteiger partial charge is 0.320 e. The van der Waals surface area contributed by atoms with Gasteiger partial charge in [0, 0.05) is 6.42 Å². The first-order valence-corrected chi connectivity index (χ1v) is 6.04. The molecule has 1 atom stereocenters. The Morgan fingerprint density at radius 1 is 1.33 bits per heavy atom. The number of aliphatic carboxylic acids is 1. The summed E-state index contributed by atoms with van der Waals surface area (Å²) in [6, 6.07) is 4.86. The third-order valence-electron chi connectivity index (χ3n) is 2.87. The predicted octanol–water partition coefficient (Wildman–Crippen LogP) is 1.19. The number of hydrogen-bond donors (Lipinski definition) is 2. The van der Waals surface area contributed by atoms with Gasteiger partial charge in [0.05, 0.1) is 13.2 Å². The van der Waals surface area contributed by atoms with Gasteiger partial charge in [-0.25, -0.2) is 0 Å². The maximum atomic E-state index is 10.6. The van der Waals surface area contributed by atoms with Crippen LogP contribution in [0.15, 0.2) is 18.2 Å². The largest absolute Gasteiger partial charge is 0.490 e. The third kappa shape index (κ3) is 3.13. The van der Waals surface area contributed by atoms with Crippen LogP contribution < -0.4 is 15.2 Å². The third-order valence-corrected chi connectivity index (χ3v) is 2.87. The Hall–Kier alpha value is -1.75. The van der Waals surface area contributed by atoms with Gasteiger partial charge in [0.15, 0.2) is 11.5 Å². The highest BCUT2D eigenvalue weighted by molar-refractivity contribution is 5.73. The Bertz CT molecular complexity index is 433. The van der Waals surface area contributed by atoms with E-state index < -0.39 is 12.0 Å². The molecule has 0 aliphatic carbocycles. The van der Waals surface area contributed by atoms with Gasteiger partial charge in [-0.05, 0) is 30.5 Å². The van der Waals surface area contributed by atoms with Crippen LogP contribution in [0.25, 0.3) is 0 Å². The second-order valence-corrected chi connectivity index (χ2v) is 4.31. The van der Waals surface area contributed by atoms with Crippen LogP contribution in [0.5, 0.6) is 11.5 Å². The van der Waals surface area contributed by atoms with Gasteiger partial charge in [-0.15, -0.1) is 0 Å². The van der Waals surface area contributed by atoms with Crippen molar-refractivity contribution in [2.75, 3.05) is 13.2 Å². The van der Waals surface area contributed by atoms with Crippen molar-refractivity contribution in [3.8, 4) is 11.5 Å². The first-order valence-electron chi connectivity index (χ1n) is 6.04. The van der Waals surface area contributed by atoms with Crippen LogP contribution in [-0.2, 0) is 11.2 Å². The van der Waals surface area contributed by atoms with Crippen molar-refractivity contribution < 1.29 is 19.4 Å². The van der Waals surface area contributed by atoms with Crippen molar-refractivity contribution in [1.82, 2.24) is 0 Å². The fraction of sp³-hybridized carbons (Fsp3) is 0.462. The van der Waals surface area contributed by atoms with Crippen LogP contribution in [0.4, 0.5) is 0 Å². The molecule has 2 rings (SSSR count). The normalized spacial score (nSPS) is 15.8. The van der Waals surface area contributed by atoms with Crippen molar-refractivity contribution in [3.05, 3.63) is 23.8 Å². The molecule has 5 heteroatoms. The molecule has 0 saturated carbocycles. The van der Waals surface area contributed by atoms with Crippen molar-refractivity contribution in [1.29, 1.82) is 0 Å². The minimum absolute atomic E-state index is 0.412. The number of fused-ring (bicyclic) bond motifs is 1. The zero-order valence-corrected chi connectivity index (χ0v) is 10.1. The Kier molecular flexibility index (Phi) is 4.04. The van der Waals surface area contributed by atoms with Crippen LogP contribution >= 0.6 is 0 Å². The monoisotopic (exact) mass is 251 g/mol. The molecule has 0 radical (unpaired) electrons. The maximum absolute atomic E-state index is 10.6. The minimum atomic E-state index is -0.968. The number of nitrogens with two attached hydrogens (primary N) is 1. The molecule has 0 fully saturated rings. The Labute approximate surface area is 106 Å². The maximum Gasteiger partial charge on any atom is 0.320 e. The van der Waals surface area contributed by atoms with Crippen molar-refractivity contribution in [3.63, 3.8) is 0 Å². The quantitative estimate of drug-likeness (QED) is 0.840. The fourth-order valence-electron chi connectivity index (χ4n) is 1.81. The number of carboxylic acid groups (broad SMARTS) is 1. The summed E-state index contributed by atoms with van der Waals surface area (Å²) in [5, 5.41) is 8.72. The molecule has 0 aromatic heterocycles. The second-order valence-electron chi connectivity index (χ2n) is 4.31. The number of rotatable bonds is 4. The van der Waals surface area contributed by atoms with Gasteiger partial charge >= 0.3 is 5.97 Å². The molecule has 5 nitrogen and oxygen atoms in total. The van der Waals surface area contributed by atoms with E-state index in [1.165, 1.54) is 0 Å². The summed E-state index contributed by atoms with van der Waals surface area (Å²) >= 11 is 0. The number of hydrogen-bond acceptors (Lipinski definition) is 4. The first kappa shape index (κ1) is 12.7. The molecule has 1 heterocycles. The number of carbonyl (C=O) groups is 1. The summed E-state index contributed by atoms with van der Waals surface area (Å²) in [4.78, 5) is 10.6. The zero-order chi connectivity index (χ0) is 13.0. The number of ether oxygens (including phenoxy) is 2. The Morgan fingerprint density at radius 3 is 2.78 bits per heavy atom. The van der Waals surface area contributed by atoms with E-state index in [-0.39, 0.29) is 0 Å². The highest BCUT2D eigenvalue weighted by Crippen LogP contribution is 2.30. The van der Waals surface area contributed by atoms with Crippen LogP contribution in [0.3, 0.4) is 0 Å². The summed E-state index contributed by atoms with van der Waals surface area (Å²) in [5.74, 6) is 0.511. The van der Waals surface area contributed by atoms with E-state index in [9.17, 15) is 4.79 Å². The van der Waals surface area contributed by atoms with E-state index >= 15 is 0 Å². The van der Waals surface area contributed by atoms with Gasteiger partial charge in [0.25, 0.3) is 0 Å². The van der Waals surface area contributed by atoms with E-state index in [0.717, 1.165) is 23.5 Å². The molecule has 1 aromatic carbocycles. The lowest BCUT2D eigenvalue weighted by Gasteiger charge is -2.10. The topological polar surface area (TPSA) is 81.8 Å². The summed E-state index contributed by atoms with van der Waals surface area (Å²) < 4.78 is 11.1. The average Bonchev–Trinajstić information content (AvgIpc) is 2.60. The molecule has 0 bridgehead atoms. The summed E-state index contributed by atoms with van der Waals surface area (Å²) in [5.41, 5.74) is 6.48. The molecule has 1 aromatic rings. The van der Waals surface area contributed by atoms with Crippen molar-refractivity contribution >= 4 is 5.97 Å². The first-order chi connectivity index (χ1) is 8.66. The number of carboxylic acids is 1. The van der Waals surface area contributed by atoms with E-state index in [4.69, 9.17) is 20.3 Å². The van der Waals surface area contributed by atoms with E-state index in [2.05, 4.69) is 0 Å². The van der Waals surface area contributed by atoms with Crippen LogP contribution in [0, 0.1) is 0 Å². The average molecular weight is 251 g/mol. The predicted molar refractivity (Wildman–Crippen MR) is 66.0 cm³/mol. The van der Waals surface area contributed by atoms with Crippen LogP contribution in [-0.4, -0.2) is 30.3 Å². The highest BCUT2D eigenvalue weighted by atomic mass is 16.5. The summed E-state index contributed by atoms with van der Waals surface area (Å²) in [6.07, 6.45) is 1.90. The summed E-state index contributed by atoms with van der Waals surface area (Å²) in [7, 11) is 0. The Morgan fingerprint density at radius 2 is 2.06 bits per heavy atom. The molecule has 1 aliphatic rings. The molecule has 1 aliphatic heterocycles. The highest BCUT2D eigenvalue weighted by Gasteiger charge is 2.13. The zero-order valence-electron chi connectivity index (χ0n) is 10.1. The van der Waals surface area contributed by atoms with Gasteiger partial charge < -0.3 is 20.3 Å². The van der Waals surface area contributed by atoms with E-state index in [1.807, 2.05) is 18.2 Å². The lowest BCUT2D eigenvalue weighted by atomic mass is 10.1. The van der Waals surface area contributed by atoms with Gasteiger partial charge in [0.1, 0.15) is 6.04 Å². The molecule has 0 spiro atoms. The lowest BCUT2D eigenvalue weighted by Crippen LogP contribution is -2.30. The van der Waals surface area contributed by atoms with Crippen molar-refractivity contribution in [2.24, 2.45) is 5.73 Å². The van der Waals surface area contributed by atoms with Gasteiger partial charge in [0.2, 0.25) is 0 Å². The lowest BCUT2D eigenvalue weighted by molar-refractivity contribution is -0.138. The van der Waals surface area contributed by atoms with Crippen LogP contribution in [0.1, 0.15) is 18.4 Å². The van der Waals surface area contributed by atoms with Crippen LogP contribution in [0.2, 0.25) is 0 Å².